The molecule has 0 fully saturated rings. The van der Waals surface area contributed by atoms with E-state index in [2.05, 4.69) is 9.97 Å². The maximum absolute atomic E-state index is 12.7. The van der Waals surface area contributed by atoms with Crippen LogP contribution in [0.25, 0.3) is 21.5 Å². The van der Waals surface area contributed by atoms with Crippen LogP contribution in [0.5, 0.6) is 0 Å². The summed E-state index contributed by atoms with van der Waals surface area (Å²) in [5, 5.41) is 1.51. The molecule has 0 saturated heterocycles. The van der Waals surface area contributed by atoms with Crippen LogP contribution in [-0.2, 0) is 6.54 Å². The van der Waals surface area contributed by atoms with E-state index < -0.39 is 0 Å². The average Bonchev–Trinajstić information content (AvgIpc) is 2.84. The number of aryl methyl sites for hydroxylation is 2. The number of aromatic nitrogens is 3. The summed E-state index contributed by atoms with van der Waals surface area (Å²) in [6.45, 7) is 4.28. The Morgan fingerprint density at radius 1 is 1.29 bits per heavy atom. The molecule has 0 unspecified atom stereocenters. The smallest absolute Gasteiger partial charge is 0.260 e. The van der Waals surface area contributed by atoms with Gasteiger partial charge in [0.1, 0.15) is 5.65 Å². The second-order valence-electron chi connectivity index (χ2n) is 4.71. The Morgan fingerprint density at radius 3 is 2.67 bits per heavy atom. The van der Waals surface area contributed by atoms with E-state index in [1.54, 1.807) is 10.6 Å². The van der Waals surface area contributed by atoms with Crippen molar-refractivity contribution in [2.45, 2.75) is 20.4 Å². The summed E-state index contributed by atoms with van der Waals surface area (Å²) in [4.78, 5) is 21.9. The van der Waals surface area contributed by atoms with Crippen LogP contribution in [0, 0.1) is 6.92 Å². The van der Waals surface area contributed by atoms with Crippen LogP contribution < -0.4 is 17.0 Å². The van der Waals surface area contributed by atoms with Gasteiger partial charge in [0.25, 0.3) is 5.56 Å². The first-order valence-electron chi connectivity index (χ1n) is 6.54. The topological polar surface area (TPSA) is 99.8 Å². The van der Waals surface area contributed by atoms with Crippen LogP contribution >= 0.6 is 11.3 Å². The highest BCUT2D eigenvalue weighted by Gasteiger charge is 2.15. The van der Waals surface area contributed by atoms with Gasteiger partial charge >= 0.3 is 0 Å². The Labute approximate surface area is 125 Å². The molecule has 21 heavy (non-hydrogen) atoms. The second-order valence-corrected chi connectivity index (χ2v) is 5.83. The maximum Gasteiger partial charge on any atom is 0.260 e. The third kappa shape index (κ3) is 2.15. The molecule has 0 aliphatic carbocycles. The van der Waals surface area contributed by atoms with Crippen molar-refractivity contribution in [1.82, 2.24) is 14.5 Å². The minimum Gasteiger partial charge on any atom is -0.391 e. The molecule has 7 heteroatoms. The van der Waals surface area contributed by atoms with E-state index in [-0.39, 0.29) is 11.5 Å². The lowest BCUT2D eigenvalue weighted by molar-refractivity contribution is 0.750. The fourth-order valence-electron chi connectivity index (χ4n) is 2.38. The van der Waals surface area contributed by atoms with Gasteiger partial charge in [-0.3, -0.25) is 9.36 Å². The lowest BCUT2D eigenvalue weighted by Crippen LogP contribution is -2.22. The van der Waals surface area contributed by atoms with Crippen molar-refractivity contribution in [2.75, 3.05) is 11.5 Å². The molecule has 0 amide bonds. The van der Waals surface area contributed by atoms with Crippen LogP contribution in [0.3, 0.4) is 0 Å². The number of thiophene rings is 1. The van der Waals surface area contributed by atoms with E-state index in [1.807, 2.05) is 26.0 Å². The molecule has 0 atom stereocenters. The maximum atomic E-state index is 12.7. The predicted molar refractivity (Wildman–Crippen MR) is 86.3 cm³/mol. The van der Waals surface area contributed by atoms with Gasteiger partial charge < -0.3 is 11.5 Å². The molecule has 0 aliphatic heterocycles. The average molecular weight is 301 g/mol. The summed E-state index contributed by atoms with van der Waals surface area (Å²) in [5.41, 5.74) is 13.3. The fourth-order valence-corrected chi connectivity index (χ4v) is 3.16. The Kier molecular flexibility index (Phi) is 3.13. The molecule has 0 radical (unpaired) electrons. The van der Waals surface area contributed by atoms with Crippen molar-refractivity contribution in [3.63, 3.8) is 0 Å². The van der Waals surface area contributed by atoms with Crippen molar-refractivity contribution < 1.29 is 0 Å². The van der Waals surface area contributed by atoms with Crippen molar-refractivity contribution in [3.8, 4) is 10.4 Å². The van der Waals surface area contributed by atoms with Gasteiger partial charge in [-0.2, -0.15) is 4.98 Å². The fraction of sp³-hybridized carbons (Fsp3) is 0.214. The summed E-state index contributed by atoms with van der Waals surface area (Å²) in [6, 6.07) is 5.48. The number of nitrogens with zero attached hydrogens (tertiary/aromatic N) is 3. The Morgan fingerprint density at radius 2 is 2.05 bits per heavy atom. The quantitative estimate of drug-likeness (QED) is 0.754. The number of rotatable bonds is 2. The standard InChI is InChI=1S/C14H15N5OS/c1-3-19-12-8(7(2)17-14(16)18-12)6-9(13(19)20)10-4-5-11(15)21-10/h4-6H,3,15H2,1-2H3,(H2,16,17,18). The molecule has 0 saturated carbocycles. The van der Waals surface area contributed by atoms with Gasteiger partial charge in [-0.25, -0.2) is 4.98 Å². The molecule has 108 valence electrons. The lowest BCUT2D eigenvalue weighted by Gasteiger charge is -2.11. The second kappa shape index (κ2) is 4.85. The summed E-state index contributed by atoms with van der Waals surface area (Å²) in [7, 11) is 0. The number of fused-ring (bicyclic) bond motifs is 1. The Hall–Kier alpha value is -2.41. The van der Waals surface area contributed by atoms with E-state index in [9.17, 15) is 4.79 Å². The summed E-state index contributed by atoms with van der Waals surface area (Å²) in [5.74, 6) is 0.176. The molecule has 6 nitrogen and oxygen atoms in total. The van der Waals surface area contributed by atoms with Gasteiger partial charge in [0, 0.05) is 16.8 Å². The molecule has 4 N–H and O–H groups in total. The van der Waals surface area contributed by atoms with Crippen LogP contribution in [0.2, 0.25) is 0 Å². The first kappa shape index (κ1) is 13.6. The summed E-state index contributed by atoms with van der Waals surface area (Å²) in [6.07, 6.45) is 0. The van der Waals surface area contributed by atoms with Crippen molar-refractivity contribution in [2.24, 2.45) is 0 Å². The zero-order valence-corrected chi connectivity index (χ0v) is 12.6. The van der Waals surface area contributed by atoms with Crippen molar-refractivity contribution in [1.29, 1.82) is 0 Å². The van der Waals surface area contributed by atoms with E-state index in [1.165, 1.54) is 11.3 Å². The van der Waals surface area contributed by atoms with E-state index >= 15 is 0 Å². The number of nitrogen functional groups attached to an aromatic ring is 2. The summed E-state index contributed by atoms with van der Waals surface area (Å²) < 4.78 is 1.62. The van der Waals surface area contributed by atoms with Gasteiger partial charge in [-0.1, -0.05) is 0 Å². The monoisotopic (exact) mass is 301 g/mol. The van der Waals surface area contributed by atoms with Gasteiger partial charge in [0.05, 0.1) is 16.3 Å². The lowest BCUT2D eigenvalue weighted by atomic mass is 10.1. The van der Waals surface area contributed by atoms with Gasteiger partial charge in [0.2, 0.25) is 5.95 Å². The van der Waals surface area contributed by atoms with Crippen LogP contribution in [0.1, 0.15) is 12.6 Å². The molecule has 3 rings (SSSR count). The van der Waals surface area contributed by atoms with Crippen molar-refractivity contribution >= 4 is 33.3 Å². The van der Waals surface area contributed by atoms with E-state index in [4.69, 9.17) is 11.5 Å². The predicted octanol–water partition coefficient (Wildman–Crippen LogP) is 2.01. The number of nitrogens with two attached hydrogens (primary N) is 2. The third-order valence-electron chi connectivity index (χ3n) is 3.36. The minimum atomic E-state index is -0.0932. The number of pyridine rings is 1. The highest BCUT2D eigenvalue weighted by Crippen LogP contribution is 2.29. The van der Waals surface area contributed by atoms with Crippen molar-refractivity contribution in [3.05, 3.63) is 34.2 Å². The first-order valence-corrected chi connectivity index (χ1v) is 7.36. The molecule has 3 aromatic rings. The number of hydrogen-bond acceptors (Lipinski definition) is 6. The molecular weight excluding hydrogens is 286 g/mol. The van der Waals surface area contributed by atoms with E-state index in [0.29, 0.717) is 22.8 Å². The zero-order valence-electron chi connectivity index (χ0n) is 11.8. The molecule has 3 heterocycles. The summed E-state index contributed by atoms with van der Waals surface area (Å²) >= 11 is 1.39. The minimum absolute atomic E-state index is 0.0932. The molecule has 3 aromatic heterocycles. The molecule has 0 bridgehead atoms. The zero-order chi connectivity index (χ0) is 15.1. The highest BCUT2D eigenvalue weighted by atomic mass is 32.1. The SMILES string of the molecule is CCn1c(=O)c(-c2ccc(N)s2)cc2c(C)nc(N)nc21. The normalized spacial score (nSPS) is 11.1. The first-order chi connectivity index (χ1) is 10.0. The highest BCUT2D eigenvalue weighted by molar-refractivity contribution is 7.19. The molecular formula is C14H15N5OS. The molecule has 0 aliphatic rings. The third-order valence-corrected chi connectivity index (χ3v) is 4.31. The number of anilines is 2. The number of hydrogen-bond donors (Lipinski definition) is 2. The Balaban J connectivity index is 2.43. The molecule has 0 spiro atoms. The van der Waals surface area contributed by atoms with Gasteiger partial charge in [-0.15, -0.1) is 11.3 Å². The van der Waals surface area contributed by atoms with Crippen LogP contribution in [0.4, 0.5) is 10.9 Å². The molecule has 0 aromatic carbocycles. The van der Waals surface area contributed by atoms with Crippen LogP contribution in [0.15, 0.2) is 23.0 Å². The van der Waals surface area contributed by atoms with E-state index in [0.717, 1.165) is 16.0 Å². The van der Waals surface area contributed by atoms with Crippen LogP contribution in [-0.4, -0.2) is 14.5 Å². The largest absolute Gasteiger partial charge is 0.391 e. The van der Waals surface area contributed by atoms with Gasteiger partial charge in [-0.05, 0) is 32.0 Å². The van der Waals surface area contributed by atoms with Gasteiger partial charge in [0.15, 0.2) is 0 Å². The Bertz CT molecular complexity index is 896.